The summed E-state index contributed by atoms with van der Waals surface area (Å²) >= 11 is 0. The number of aliphatic hydroxyl groups is 1. The van der Waals surface area contributed by atoms with E-state index in [0.29, 0.717) is 6.42 Å². The van der Waals surface area contributed by atoms with Crippen molar-refractivity contribution in [2.45, 2.75) is 38.6 Å². The number of hydrogen-bond acceptors (Lipinski definition) is 4. The Balaban J connectivity index is 1.86. The summed E-state index contributed by atoms with van der Waals surface area (Å²) < 4.78 is 5.26. The highest BCUT2D eigenvalue weighted by atomic mass is 16.5. The molecule has 5 heteroatoms. The number of ether oxygens (including phenoxy) is 1. The van der Waals surface area contributed by atoms with Crippen molar-refractivity contribution in [3.63, 3.8) is 0 Å². The van der Waals surface area contributed by atoms with E-state index in [9.17, 15) is 9.90 Å². The average molecular weight is 334 g/mol. The molecule has 0 spiro atoms. The molecule has 0 saturated carbocycles. The van der Waals surface area contributed by atoms with E-state index in [0.717, 1.165) is 43.9 Å². The lowest BCUT2D eigenvalue weighted by Gasteiger charge is -2.38. The normalized spacial score (nSPS) is 18.2. The summed E-state index contributed by atoms with van der Waals surface area (Å²) in [5.74, 6) is 1.21. The number of aliphatic hydroxyl groups excluding tert-OH is 1. The Morgan fingerprint density at radius 2 is 2.00 bits per heavy atom. The maximum Gasteiger partial charge on any atom is 0.223 e. The van der Waals surface area contributed by atoms with E-state index in [-0.39, 0.29) is 24.5 Å². The average Bonchev–Trinajstić information content (AvgIpc) is 2.63. The zero-order valence-corrected chi connectivity index (χ0v) is 15.1. The van der Waals surface area contributed by atoms with Crippen LogP contribution in [0.25, 0.3) is 0 Å². The first-order valence-corrected chi connectivity index (χ1v) is 8.85. The summed E-state index contributed by atoms with van der Waals surface area (Å²) in [6, 6.07) is 8.16. The Bertz CT molecular complexity index is 523. The molecule has 2 atom stereocenters. The molecular formula is C19H30N2O3. The van der Waals surface area contributed by atoms with Gasteiger partial charge in [-0.25, -0.2) is 0 Å². The molecule has 1 saturated heterocycles. The molecular weight excluding hydrogens is 304 g/mol. The Morgan fingerprint density at radius 3 is 2.58 bits per heavy atom. The van der Waals surface area contributed by atoms with Crippen molar-refractivity contribution in [1.29, 1.82) is 0 Å². The van der Waals surface area contributed by atoms with Crippen LogP contribution in [-0.4, -0.2) is 66.8 Å². The van der Waals surface area contributed by atoms with Gasteiger partial charge in [0.2, 0.25) is 5.91 Å². The minimum Gasteiger partial charge on any atom is -0.497 e. The van der Waals surface area contributed by atoms with Gasteiger partial charge in [-0.1, -0.05) is 26.0 Å². The number of nitrogens with zero attached hydrogens (tertiary/aromatic N) is 2. The molecule has 134 valence electrons. The first kappa shape index (κ1) is 18.7. The van der Waals surface area contributed by atoms with E-state index >= 15 is 0 Å². The zero-order chi connectivity index (χ0) is 17.5. The Labute approximate surface area is 145 Å². The largest absolute Gasteiger partial charge is 0.497 e. The second kappa shape index (κ2) is 9.04. The molecule has 24 heavy (non-hydrogen) atoms. The fraction of sp³-hybridized carbons (Fsp3) is 0.632. The van der Waals surface area contributed by atoms with Crippen molar-refractivity contribution in [3.8, 4) is 5.75 Å². The van der Waals surface area contributed by atoms with Crippen molar-refractivity contribution >= 4 is 5.91 Å². The Kier molecular flexibility index (Phi) is 7.06. The minimum atomic E-state index is 0.173. The number of carbonyl (C=O) groups excluding carboxylic acids is 1. The van der Waals surface area contributed by atoms with Crippen molar-refractivity contribution < 1.29 is 14.6 Å². The van der Waals surface area contributed by atoms with Crippen LogP contribution in [0.1, 0.15) is 38.2 Å². The summed E-state index contributed by atoms with van der Waals surface area (Å²) in [6.45, 7) is 7.56. The molecule has 1 fully saturated rings. The third-order valence-corrected chi connectivity index (χ3v) is 5.01. The van der Waals surface area contributed by atoms with Crippen LogP contribution in [0.3, 0.4) is 0 Å². The highest BCUT2D eigenvalue weighted by Crippen LogP contribution is 2.24. The van der Waals surface area contributed by atoms with Gasteiger partial charge in [0.1, 0.15) is 5.75 Å². The third-order valence-electron chi connectivity index (χ3n) is 5.01. The third kappa shape index (κ3) is 4.71. The number of carbonyl (C=O) groups is 1. The van der Waals surface area contributed by atoms with Gasteiger partial charge in [-0.2, -0.15) is 0 Å². The van der Waals surface area contributed by atoms with Gasteiger partial charge in [0.15, 0.2) is 0 Å². The van der Waals surface area contributed by atoms with Gasteiger partial charge in [0, 0.05) is 38.6 Å². The second-order valence-corrected chi connectivity index (χ2v) is 6.54. The number of hydrogen-bond donors (Lipinski definition) is 1. The number of piperazine rings is 1. The summed E-state index contributed by atoms with van der Waals surface area (Å²) in [4.78, 5) is 16.8. The molecule has 0 aromatic heterocycles. The molecule has 1 amide bonds. The van der Waals surface area contributed by atoms with Gasteiger partial charge in [-0.15, -0.1) is 0 Å². The van der Waals surface area contributed by atoms with E-state index < -0.39 is 0 Å². The molecule has 1 aromatic rings. The van der Waals surface area contributed by atoms with Crippen LogP contribution in [-0.2, 0) is 4.79 Å². The monoisotopic (exact) mass is 334 g/mol. The quantitative estimate of drug-likeness (QED) is 0.830. The summed E-state index contributed by atoms with van der Waals surface area (Å²) in [5.41, 5.74) is 1.13. The number of rotatable bonds is 7. The molecule has 2 unspecified atom stereocenters. The molecule has 2 rings (SSSR count). The van der Waals surface area contributed by atoms with Crippen LogP contribution in [0.5, 0.6) is 5.75 Å². The first-order chi connectivity index (χ1) is 11.6. The molecule has 0 radical (unpaired) electrons. The molecule has 1 aromatic carbocycles. The molecule has 1 N–H and O–H groups in total. The van der Waals surface area contributed by atoms with Crippen molar-refractivity contribution in [3.05, 3.63) is 29.8 Å². The maximum atomic E-state index is 12.6. The number of benzene rings is 1. The lowest BCUT2D eigenvalue weighted by molar-refractivity contribution is -0.133. The molecule has 1 heterocycles. The summed E-state index contributed by atoms with van der Waals surface area (Å²) in [6.07, 6.45) is 1.46. The van der Waals surface area contributed by atoms with Crippen LogP contribution in [0.15, 0.2) is 24.3 Å². The fourth-order valence-electron chi connectivity index (χ4n) is 3.30. The molecule has 1 aliphatic heterocycles. The van der Waals surface area contributed by atoms with Crippen LogP contribution < -0.4 is 4.74 Å². The van der Waals surface area contributed by atoms with E-state index in [1.54, 1.807) is 7.11 Å². The number of methoxy groups -OCH3 is 1. The van der Waals surface area contributed by atoms with E-state index in [1.807, 2.05) is 29.2 Å². The topological polar surface area (TPSA) is 53.0 Å². The lowest BCUT2D eigenvalue weighted by Crippen LogP contribution is -2.52. The molecule has 1 aliphatic rings. The highest BCUT2D eigenvalue weighted by molar-refractivity contribution is 5.77. The SMILES string of the molecule is CCC(CO)N1CCN(C(=O)CC(C)c2cccc(OC)c2)CC1. The fourth-order valence-corrected chi connectivity index (χ4v) is 3.30. The van der Waals surface area contributed by atoms with Crippen LogP contribution in [0.4, 0.5) is 0 Å². The van der Waals surface area contributed by atoms with Crippen molar-refractivity contribution in [1.82, 2.24) is 9.80 Å². The maximum absolute atomic E-state index is 12.6. The second-order valence-electron chi connectivity index (χ2n) is 6.54. The van der Waals surface area contributed by atoms with Gasteiger partial charge in [0.05, 0.1) is 13.7 Å². The van der Waals surface area contributed by atoms with Crippen LogP contribution in [0, 0.1) is 0 Å². The molecule has 5 nitrogen and oxygen atoms in total. The Morgan fingerprint density at radius 1 is 1.29 bits per heavy atom. The van der Waals surface area contributed by atoms with E-state index in [4.69, 9.17) is 4.74 Å². The van der Waals surface area contributed by atoms with Crippen molar-refractivity contribution in [2.24, 2.45) is 0 Å². The zero-order valence-electron chi connectivity index (χ0n) is 15.1. The predicted octanol–water partition coefficient (Wildman–Crippen LogP) is 2.10. The van der Waals surface area contributed by atoms with Crippen LogP contribution in [0.2, 0.25) is 0 Å². The number of amides is 1. The highest BCUT2D eigenvalue weighted by Gasteiger charge is 2.25. The van der Waals surface area contributed by atoms with Gasteiger partial charge in [-0.3, -0.25) is 9.69 Å². The minimum absolute atomic E-state index is 0.173. The van der Waals surface area contributed by atoms with Gasteiger partial charge in [0.25, 0.3) is 0 Å². The van der Waals surface area contributed by atoms with E-state index in [1.165, 1.54) is 0 Å². The van der Waals surface area contributed by atoms with Gasteiger partial charge < -0.3 is 14.7 Å². The smallest absolute Gasteiger partial charge is 0.223 e. The van der Waals surface area contributed by atoms with Crippen LogP contribution >= 0.6 is 0 Å². The lowest BCUT2D eigenvalue weighted by atomic mass is 9.97. The molecule has 0 aliphatic carbocycles. The van der Waals surface area contributed by atoms with Crippen molar-refractivity contribution in [2.75, 3.05) is 39.9 Å². The van der Waals surface area contributed by atoms with Gasteiger partial charge >= 0.3 is 0 Å². The molecule has 0 bridgehead atoms. The standard InChI is InChI=1S/C19H30N2O3/c1-4-17(14-22)20-8-10-21(11-9-20)19(23)12-15(2)16-6-5-7-18(13-16)24-3/h5-7,13,15,17,22H,4,8-12,14H2,1-3H3. The summed E-state index contributed by atoms with van der Waals surface area (Å²) in [7, 11) is 1.66. The predicted molar refractivity (Wildman–Crippen MR) is 95.3 cm³/mol. The van der Waals surface area contributed by atoms with E-state index in [2.05, 4.69) is 18.7 Å². The van der Waals surface area contributed by atoms with Gasteiger partial charge in [-0.05, 0) is 30.0 Å². The Hall–Kier alpha value is -1.59. The first-order valence-electron chi connectivity index (χ1n) is 8.85. The summed E-state index contributed by atoms with van der Waals surface area (Å²) in [5, 5.41) is 9.41.